The highest BCUT2D eigenvalue weighted by Gasteiger charge is 2.22. The molecule has 0 radical (unpaired) electrons. The van der Waals surface area contributed by atoms with Gasteiger partial charge in [-0.05, 0) is 18.8 Å². The van der Waals surface area contributed by atoms with Crippen molar-refractivity contribution in [1.29, 1.82) is 0 Å². The lowest BCUT2D eigenvalue weighted by molar-refractivity contribution is 0.504. The van der Waals surface area contributed by atoms with Crippen LogP contribution in [0.1, 0.15) is 40.5 Å². The van der Waals surface area contributed by atoms with Crippen LogP contribution < -0.4 is 16.2 Å². The quantitative estimate of drug-likeness (QED) is 0.606. The molecule has 116 valence electrons. The molecule has 2 heterocycles. The van der Waals surface area contributed by atoms with E-state index in [1.165, 1.54) is 0 Å². The van der Waals surface area contributed by atoms with Gasteiger partial charge in [0.05, 0.1) is 6.20 Å². The van der Waals surface area contributed by atoms with Gasteiger partial charge in [0.2, 0.25) is 0 Å². The summed E-state index contributed by atoms with van der Waals surface area (Å²) in [5.41, 5.74) is 3.52. The number of aromatic nitrogens is 3. The van der Waals surface area contributed by atoms with Crippen molar-refractivity contribution in [2.24, 2.45) is 11.8 Å². The molecular weight excluding hydrogens is 264 g/mol. The van der Waals surface area contributed by atoms with Crippen molar-refractivity contribution < 1.29 is 0 Å². The van der Waals surface area contributed by atoms with Crippen molar-refractivity contribution in [2.45, 2.75) is 46.6 Å². The maximum atomic E-state index is 5.56. The summed E-state index contributed by atoms with van der Waals surface area (Å²) >= 11 is 0. The molecule has 0 amide bonds. The number of rotatable bonds is 7. The minimum atomic E-state index is 0.452. The highest BCUT2D eigenvalue weighted by molar-refractivity contribution is 5.67. The summed E-state index contributed by atoms with van der Waals surface area (Å²) in [6.07, 6.45) is 7.73. The molecule has 0 aliphatic carbocycles. The normalized spacial score (nSPS) is 11.6. The fraction of sp³-hybridized carbons (Fsp3) is 0.600. The number of imidazole rings is 1. The maximum Gasteiger partial charge on any atom is 0.180 e. The Morgan fingerprint density at radius 2 is 2.05 bits per heavy atom. The first-order valence-corrected chi connectivity index (χ1v) is 7.67. The Morgan fingerprint density at radius 3 is 2.62 bits per heavy atom. The molecule has 0 unspecified atom stereocenters. The van der Waals surface area contributed by atoms with Gasteiger partial charge in [-0.3, -0.25) is 0 Å². The van der Waals surface area contributed by atoms with Crippen LogP contribution in [0.5, 0.6) is 0 Å². The number of nitrogens with zero attached hydrogens (tertiary/aromatic N) is 4. The zero-order chi connectivity index (χ0) is 15.4. The van der Waals surface area contributed by atoms with E-state index in [0.29, 0.717) is 17.8 Å². The number of anilines is 2. The van der Waals surface area contributed by atoms with Crippen LogP contribution >= 0.6 is 0 Å². The monoisotopic (exact) mass is 290 g/mol. The Hall–Kier alpha value is -1.82. The standard InChI is InChI=1S/C15H26N6/c1-5-12(6-2)21(9-11(3)4)15-14-17-7-8-20(14)10-13(18-15)19-16/h7-8,10-12,19H,5-6,9,16H2,1-4H3. The first-order valence-electron chi connectivity index (χ1n) is 7.67. The van der Waals surface area contributed by atoms with Crippen molar-refractivity contribution in [3.05, 3.63) is 18.6 Å². The van der Waals surface area contributed by atoms with E-state index in [-0.39, 0.29) is 0 Å². The number of hydrazine groups is 1. The Bertz CT molecular complexity index is 573. The van der Waals surface area contributed by atoms with Crippen LogP contribution in [0.4, 0.5) is 11.6 Å². The topological polar surface area (TPSA) is 71.5 Å². The summed E-state index contributed by atoms with van der Waals surface area (Å²) in [4.78, 5) is 11.5. The van der Waals surface area contributed by atoms with Gasteiger partial charge in [0, 0.05) is 25.0 Å². The smallest absolute Gasteiger partial charge is 0.180 e. The fourth-order valence-corrected chi connectivity index (χ4v) is 2.71. The van der Waals surface area contributed by atoms with E-state index in [9.17, 15) is 0 Å². The van der Waals surface area contributed by atoms with Crippen molar-refractivity contribution >= 4 is 17.3 Å². The molecule has 0 fully saturated rings. The number of nitrogens with one attached hydrogen (secondary N) is 1. The number of hydrogen-bond donors (Lipinski definition) is 2. The maximum absolute atomic E-state index is 5.56. The van der Waals surface area contributed by atoms with Crippen LogP contribution in [0.25, 0.3) is 5.65 Å². The Balaban J connectivity index is 2.54. The Kier molecular flexibility index (Phi) is 5.01. The van der Waals surface area contributed by atoms with Crippen molar-refractivity contribution in [2.75, 3.05) is 16.9 Å². The molecule has 6 heteroatoms. The molecule has 6 nitrogen and oxygen atoms in total. The molecule has 2 rings (SSSR count). The summed E-state index contributed by atoms with van der Waals surface area (Å²) < 4.78 is 1.97. The fourth-order valence-electron chi connectivity index (χ4n) is 2.71. The lowest BCUT2D eigenvalue weighted by Gasteiger charge is -2.33. The van der Waals surface area contributed by atoms with E-state index in [4.69, 9.17) is 5.84 Å². The molecule has 2 aromatic rings. The number of nitrogen functional groups attached to an aromatic ring is 1. The third-order valence-electron chi connectivity index (χ3n) is 3.72. The van der Waals surface area contributed by atoms with Gasteiger partial charge < -0.3 is 14.7 Å². The van der Waals surface area contributed by atoms with E-state index in [0.717, 1.165) is 30.9 Å². The van der Waals surface area contributed by atoms with Crippen LogP contribution in [-0.4, -0.2) is 27.0 Å². The predicted octanol–water partition coefficient (Wildman–Crippen LogP) is 2.67. The third kappa shape index (κ3) is 3.26. The van der Waals surface area contributed by atoms with Gasteiger partial charge in [-0.1, -0.05) is 27.7 Å². The predicted molar refractivity (Wildman–Crippen MR) is 87.4 cm³/mol. The molecule has 0 saturated carbocycles. The van der Waals surface area contributed by atoms with Crippen LogP contribution in [0.15, 0.2) is 18.6 Å². The molecule has 0 aliphatic rings. The summed E-state index contributed by atoms with van der Waals surface area (Å²) in [6.45, 7) is 9.84. The van der Waals surface area contributed by atoms with Gasteiger partial charge in [-0.2, -0.15) is 0 Å². The van der Waals surface area contributed by atoms with Crippen LogP contribution in [0.3, 0.4) is 0 Å². The Morgan fingerprint density at radius 1 is 1.33 bits per heavy atom. The van der Waals surface area contributed by atoms with Crippen molar-refractivity contribution in [3.8, 4) is 0 Å². The van der Waals surface area contributed by atoms with E-state index in [2.05, 4.69) is 48.0 Å². The molecule has 0 bridgehead atoms. The molecule has 21 heavy (non-hydrogen) atoms. The summed E-state index contributed by atoms with van der Waals surface area (Å²) in [6, 6.07) is 0.452. The molecule has 0 spiro atoms. The third-order valence-corrected chi connectivity index (χ3v) is 3.72. The van der Waals surface area contributed by atoms with Crippen molar-refractivity contribution in [1.82, 2.24) is 14.4 Å². The van der Waals surface area contributed by atoms with Gasteiger partial charge in [-0.25, -0.2) is 15.8 Å². The molecule has 0 atom stereocenters. The number of fused-ring (bicyclic) bond motifs is 1. The highest BCUT2D eigenvalue weighted by Crippen LogP contribution is 2.25. The minimum absolute atomic E-state index is 0.452. The van der Waals surface area contributed by atoms with Gasteiger partial charge in [0.15, 0.2) is 17.3 Å². The average molecular weight is 290 g/mol. The summed E-state index contributed by atoms with van der Waals surface area (Å²) in [5, 5.41) is 0. The lowest BCUT2D eigenvalue weighted by Crippen LogP contribution is -2.38. The highest BCUT2D eigenvalue weighted by atomic mass is 15.3. The van der Waals surface area contributed by atoms with E-state index < -0.39 is 0 Å². The second kappa shape index (κ2) is 6.76. The van der Waals surface area contributed by atoms with Gasteiger partial charge in [0.1, 0.15) is 0 Å². The zero-order valence-electron chi connectivity index (χ0n) is 13.4. The van der Waals surface area contributed by atoms with Gasteiger partial charge in [-0.15, -0.1) is 0 Å². The summed E-state index contributed by atoms with van der Waals surface area (Å²) in [5.74, 6) is 7.66. The first-order chi connectivity index (χ1) is 10.1. The molecule has 0 saturated heterocycles. The average Bonchev–Trinajstić information content (AvgIpc) is 2.94. The molecule has 0 aliphatic heterocycles. The second-order valence-electron chi connectivity index (χ2n) is 5.77. The molecule has 0 aromatic carbocycles. The molecular formula is C15H26N6. The number of nitrogens with two attached hydrogens (primary N) is 1. The SMILES string of the molecule is CCC(CC)N(CC(C)C)c1nc(NN)cn2ccnc12. The molecule has 3 N–H and O–H groups in total. The van der Waals surface area contributed by atoms with E-state index in [1.54, 1.807) is 6.20 Å². The van der Waals surface area contributed by atoms with E-state index in [1.807, 2.05) is 16.8 Å². The second-order valence-corrected chi connectivity index (χ2v) is 5.77. The van der Waals surface area contributed by atoms with Gasteiger partial charge >= 0.3 is 0 Å². The largest absolute Gasteiger partial charge is 0.350 e. The lowest BCUT2D eigenvalue weighted by atomic mass is 10.1. The zero-order valence-corrected chi connectivity index (χ0v) is 13.4. The summed E-state index contributed by atoms with van der Waals surface area (Å²) in [7, 11) is 0. The number of hydrogen-bond acceptors (Lipinski definition) is 5. The minimum Gasteiger partial charge on any atom is -0.350 e. The van der Waals surface area contributed by atoms with Crippen LogP contribution in [0.2, 0.25) is 0 Å². The van der Waals surface area contributed by atoms with E-state index >= 15 is 0 Å². The Labute approximate surface area is 126 Å². The molecule has 2 aromatic heterocycles. The first kappa shape index (κ1) is 15.6. The van der Waals surface area contributed by atoms with Crippen LogP contribution in [-0.2, 0) is 0 Å². The van der Waals surface area contributed by atoms with Crippen molar-refractivity contribution in [3.63, 3.8) is 0 Å². The van der Waals surface area contributed by atoms with Crippen LogP contribution in [0, 0.1) is 5.92 Å². The van der Waals surface area contributed by atoms with Gasteiger partial charge in [0.25, 0.3) is 0 Å².